The molecule has 0 unspecified atom stereocenters. The lowest BCUT2D eigenvalue weighted by Crippen LogP contribution is -2.28. The first kappa shape index (κ1) is 22.4. The third-order valence-corrected chi connectivity index (χ3v) is 4.07. The number of anilines is 2. The number of benzene rings is 2. The van der Waals surface area contributed by atoms with Crippen LogP contribution in [0.2, 0.25) is 5.02 Å². The van der Waals surface area contributed by atoms with Gasteiger partial charge in [0.15, 0.2) is 6.61 Å². The summed E-state index contributed by atoms with van der Waals surface area (Å²) in [7, 11) is 0. The van der Waals surface area contributed by atoms with Crippen molar-refractivity contribution < 1.29 is 22.7 Å². The standard InChI is InChI=1S/C20H19ClF3N3O2/c1-3-5-13(2)27(25)15-6-4-7-16(11-15)29-12-19(28)26-14-8-9-18(21)17(10-14)20(22,23)24/h3-4,6-11H,12,25H2,1-2H3,(H,26,28). The number of hydrogen-bond donors (Lipinski definition) is 2. The Bertz CT molecular complexity index is 954. The van der Waals surface area contributed by atoms with Gasteiger partial charge in [0.1, 0.15) is 5.75 Å². The van der Waals surface area contributed by atoms with Crippen LogP contribution < -0.4 is 20.9 Å². The minimum Gasteiger partial charge on any atom is -0.484 e. The molecule has 0 heterocycles. The van der Waals surface area contributed by atoms with Crippen molar-refractivity contribution in [2.75, 3.05) is 16.9 Å². The van der Waals surface area contributed by atoms with Crippen molar-refractivity contribution in [2.45, 2.75) is 20.0 Å². The average molecular weight is 426 g/mol. The van der Waals surface area contributed by atoms with E-state index in [1.54, 1.807) is 37.3 Å². The smallest absolute Gasteiger partial charge is 0.417 e. The lowest BCUT2D eigenvalue weighted by atomic mass is 10.2. The van der Waals surface area contributed by atoms with Gasteiger partial charge in [-0.05, 0) is 50.3 Å². The van der Waals surface area contributed by atoms with E-state index in [1.807, 2.05) is 6.92 Å². The Hall–Kier alpha value is -2.93. The van der Waals surface area contributed by atoms with E-state index in [0.29, 0.717) is 17.1 Å². The highest BCUT2D eigenvalue weighted by Crippen LogP contribution is 2.36. The van der Waals surface area contributed by atoms with Crippen molar-refractivity contribution in [1.82, 2.24) is 0 Å². The molecule has 0 atom stereocenters. The number of allylic oxidation sites excluding steroid dienone is 1. The molecular formula is C20H19ClF3N3O2. The predicted octanol–water partition coefficient (Wildman–Crippen LogP) is 5.14. The van der Waals surface area contributed by atoms with E-state index < -0.39 is 29.3 Å². The molecule has 2 rings (SSSR count). The van der Waals surface area contributed by atoms with Crippen LogP contribution in [0, 0.1) is 0 Å². The predicted molar refractivity (Wildman–Crippen MR) is 107 cm³/mol. The van der Waals surface area contributed by atoms with Gasteiger partial charge >= 0.3 is 6.18 Å². The SMILES string of the molecule is CC=C=C(C)N(N)c1cccc(OCC(=O)Nc2ccc(Cl)c(C(F)(F)F)c2)c1. The van der Waals surface area contributed by atoms with E-state index in [1.165, 1.54) is 11.1 Å². The topological polar surface area (TPSA) is 67.6 Å². The number of rotatable bonds is 6. The molecule has 9 heteroatoms. The maximum absolute atomic E-state index is 12.9. The van der Waals surface area contributed by atoms with Crippen molar-refractivity contribution in [3.05, 3.63) is 70.6 Å². The second-order valence-corrected chi connectivity index (χ2v) is 6.32. The zero-order chi connectivity index (χ0) is 21.6. The molecule has 0 saturated carbocycles. The maximum atomic E-state index is 12.9. The number of alkyl halides is 3. The van der Waals surface area contributed by atoms with Gasteiger partial charge in [-0.25, -0.2) is 5.84 Å². The Kier molecular flexibility index (Phi) is 7.34. The number of nitrogens with two attached hydrogens (primary N) is 1. The van der Waals surface area contributed by atoms with E-state index in [4.69, 9.17) is 22.2 Å². The lowest BCUT2D eigenvalue weighted by Gasteiger charge is -2.18. The molecular weight excluding hydrogens is 407 g/mol. The lowest BCUT2D eigenvalue weighted by molar-refractivity contribution is -0.137. The number of nitrogens with zero attached hydrogens (tertiary/aromatic N) is 1. The Balaban J connectivity index is 2.03. The largest absolute Gasteiger partial charge is 0.484 e. The zero-order valence-electron chi connectivity index (χ0n) is 15.7. The molecule has 0 spiro atoms. The molecule has 0 fully saturated rings. The Morgan fingerprint density at radius 2 is 2.03 bits per heavy atom. The van der Waals surface area contributed by atoms with E-state index in [-0.39, 0.29) is 5.69 Å². The van der Waals surface area contributed by atoms with E-state index in [0.717, 1.165) is 12.1 Å². The number of halogens is 4. The summed E-state index contributed by atoms with van der Waals surface area (Å²) in [5.74, 6) is 5.73. The number of hydrogen-bond acceptors (Lipinski definition) is 4. The van der Waals surface area contributed by atoms with E-state index >= 15 is 0 Å². The van der Waals surface area contributed by atoms with Crippen LogP contribution in [0.5, 0.6) is 5.75 Å². The normalized spacial score (nSPS) is 10.7. The van der Waals surface area contributed by atoms with Crippen molar-refractivity contribution in [1.29, 1.82) is 0 Å². The molecule has 154 valence electrons. The fraction of sp³-hybridized carbons (Fsp3) is 0.200. The van der Waals surface area contributed by atoms with Crippen LogP contribution in [0.15, 0.2) is 60.0 Å². The highest BCUT2D eigenvalue weighted by atomic mass is 35.5. The van der Waals surface area contributed by atoms with Crippen LogP contribution in [0.4, 0.5) is 24.5 Å². The second kappa shape index (κ2) is 9.52. The van der Waals surface area contributed by atoms with Gasteiger partial charge in [0.2, 0.25) is 0 Å². The number of hydrazine groups is 1. The number of amides is 1. The molecule has 0 aliphatic rings. The molecule has 5 nitrogen and oxygen atoms in total. The molecule has 2 aromatic carbocycles. The number of ether oxygens (including phenoxy) is 1. The van der Waals surface area contributed by atoms with Gasteiger partial charge < -0.3 is 10.1 Å². The summed E-state index contributed by atoms with van der Waals surface area (Å²) in [5, 5.41) is 3.30. The first-order valence-electron chi connectivity index (χ1n) is 8.44. The first-order valence-corrected chi connectivity index (χ1v) is 8.82. The summed E-state index contributed by atoms with van der Waals surface area (Å²) >= 11 is 5.56. The van der Waals surface area contributed by atoms with Crippen molar-refractivity contribution >= 4 is 28.9 Å². The van der Waals surface area contributed by atoms with Crippen molar-refractivity contribution in [3.63, 3.8) is 0 Å². The minimum atomic E-state index is -4.62. The van der Waals surface area contributed by atoms with Gasteiger partial charge in [-0.2, -0.15) is 13.2 Å². The van der Waals surface area contributed by atoms with Crippen LogP contribution in [0.3, 0.4) is 0 Å². The highest BCUT2D eigenvalue weighted by molar-refractivity contribution is 6.31. The quantitative estimate of drug-likeness (QED) is 0.382. The van der Waals surface area contributed by atoms with Crippen LogP contribution in [-0.4, -0.2) is 12.5 Å². The summed E-state index contributed by atoms with van der Waals surface area (Å²) in [6.07, 6.45) is -2.90. The molecule has 2 aromatic rings. The second-order valence-electron chi connectivity index (χ2n) is 5.92. The van der Waals surface area contributed by atoms with Crippen molar-refractivity contribution in [2.24, 2.45) is 5.84 Å². The summed E-state index contributed by atoms with van der Waals surface area (Å²) < 4.78 is 44.1. The van der Waals surface area contributed by atoms with Gasteiger partial charge in [0.25, 0.3) is 5.91 Å². The molecule has 29 heavy (non-hydrogen) atoms. The fourth-order valence-corrected chi connectivity index (χ4v) is 2.59. The number of carbonyl (C=O) groups is 1. The number of nitrogens with one attached hydrogen (secondary N) is 1. The third kappa shape index (κ3) is 6.29. The molecule has 0 aliphatic heterocycles. The van der Waals surface area contributed by atoms with Crippen LogP contribution in [0.1, 0.15) is 19.4 Å². The third-order valence-electron chi connectivity index (χ3n) is 3.74. The molecule has 0 aliphatic carbocycles. The maximum Gasteiger partial charge on any atom is 0.417 e. The van der Waals surface area contributed by atoms with E-state index in [2.05, 4.69) is 11.0 Å². The zero-order valence-corrected chi connectivity index (χ0v) is 16.4. The van der Waals surface area contributed by atoms with E-state index in [9.17, 15) is 18.0 Å². The summed E-state index contributed by atoms with van der Waals surface area (Å²) in [6.45, 7) is 3.19. The first-order chi connectivity index (χ1) is 13.6. The summed E-state index contributed by atoms with van der Waals surface area (Å²) in [6, 6.07) is 9.81. The van der Waals surface area contributed by atoms with Crippen LogP contribution in [0.25, 0.3) is 0 Å². The van der Waals surface area contributed by atoms with Crippen molar-refractivity contribution in [3.8, 4) is 5.75 Å². The van der Waals surface area contributed by atoms with Gasteiger partial charge in [0.05, 0.1) is 22.0 Å². The molecule has 0 radical (unpaired) electrons. The van der Waals surface area contributed by atoms with Gasteiger partial charge in [-0.1, -0.05) is 17.7 Å². The average Bonchev–Trinajstić information content (AvgIpc) is 2.67. The fourth-order valence-electron chi connectivity index (χ4n) is 2.36. The molecule has 0 aromatic heterocycles. The summed E-state index contributed by atoms with van der Waals surface area (Å²) in [4.78, 5) is 12.0. The van der Waals surface area contributed by atoms with Gasteiger partial charge in [-0.3, -0.25) is 9.80 Å². The van der Waals surface area contributed by atoms with Crippen LogP contribution >= 0.6 is 11.6 Å². The minimum absolute atomic E-state index is 0.0377. The monoisotopic (exact) mass is 425 g/mol. The van der Waals surface area contributed by atoms with Crippen LogP contribution in [-0.2, 0) is 11.0 Å². The molecule has 3 N–H and O–H groups in total. The van der Waals surface area contributed by atoms with Gasteiger partial charge in [0, 0.05) is 11.8 Å². The Labute approximate surface area is 171 Å². The number of carbonyl (C=O) groups excluding carboxylic acids is 1. The Morgan fingerprint density at radius 3 is 2.69 bits per heavy atom. The Morgan fingerprint density at radius 1 is 1.31 bits per heavy atom. The summed E-state index contributed by atoms with van der Waals surface area (Å²) in [5.41, 5.74) is 3.18. The molecule has 0 bridgehead atoms. The van der Waals surface area contributed by atoms with Gasteiger partial charge in [-0.15, -0.1) is 5.73 Å². The highest BCUT2D eigenvalue weighted by Gasteiger charge is 2.33. The molecule has 0 saturated heterocycles. The molecule has 1 amide bonds.